The van der Waals surface area contributed by atoms with Crippen LogP contribution in [0.1, 0.15) is 13.3 Å². The maximum absolute atomic E-state index is 13.1. The Morgan fingerprint density at radius 1 is 1.21 bits per heavy atom. The topological polar surface area (TPSA) is 99.9 Å². The molecule has 2 rings (SSSR count). The van der Waals surface area contributed by atoms with Crippen molar-refractivity contribution in [2.75, 3.05) is 6.61 Å². The summed E-state index contributed by atoms with van der Waals surface area (Å²) < 4.78 is 49.6. The second kappa shape index (κ2) is 9.63. The van der Waals surface area contributed by atoms with Gasteiger partial charge in [0.1, 0.15) is 11.6 Å². The van der Waals surface area contributed by atoms with E-state index in [-0.39, 0.29) is 30.3 Å². The van der Waals surface area contributed by atoms with Gasteiger partial charge in [-0.3, -0.25) is 0 Å². The number of amidine groups is 1. The highest BCUT2D eigenvalue weighted by molar-refractivity contribution is 6.01. The Hall–Kier alpha value is -3.49. The molecule has 29 heavy (non-hydrogen) atoms. The van der Waals surface area contributed by atoms with Crippen molar-refractivity contribution in [2.24, 2.45) is 16.5 Å². The summed E-state index contributed by atoms with van der Waals surface area (Å²) in [4.78, 5) is 16.0. The Morgan fingerprint density at radius 2 is 1.90 bits per heavy atom. The number of para-hydroxylation sites is 1. The molecule has 0 saturated heterocycles. The molecule has 0 saturated carbocycles. The molecule has 0 fully saturated rings. The van der Waals surface area contributed by atoms with Gasteiger partial charge in [-0.2, -0.15) is 18.2 Å². The van der Waals surface area contributed by atoms with E-state index in [0.717, 1.165) is 12.2 Å². The number of nitrogens with zero attached hydrogens (tertiary/aromatic N) is 1. The first-order valence-electron chi connectivity index (χ1n) is 8.62. The van der Waals surface area contributed by atoms with Gasteiger partial charge in [0.15, 0.2) is 5.70 Å². The molecule has 1 aromatic rings. The average Bonchev–Trinajstić information content (AvgIpc) is 2.94. The van der Waals surface area contributed by atoms with Crippen LogP contribution >= 0.6 is 0 Å². The first kappa shape index (κ1) is 21.8. The molecule has 0 bridgehead atoms. The predicted molar refractivity (Wildman–Crippen MR) is 103 cm³/mol. The van der Waals surface area contributed by atoms with Crippen molar-refractivity contribution < 1.29 is 27.4 Å². The molecule has 0 spiro atoms. The Morgan fingerprint density at radius 3 is 2.52 bits per heavy atom. The van der Waals surface area contributed by atoms with E-state index in [0.29, 0.717) is 5.75 Å². The predicted octanol–water partition coefficient (Wildman–Crippen LogP) is 3.49. The zero-order valence-electron chi connectivity index (χ0n) is 15.6. The van der Waals surface area contributed by atoms with Crippen LogP contribution in [0.3, 0.4) is 0 Å². The number of nitrogens with two attached hydrogens (primary N) is 2. The van der Waals surface area contributed by atoms with Crippen molar-refractivity contribution in [1.29, 1.82) is 0 Å². The molecule has 154 valence electrons. The molecular weight excluding hydrogens is 387 g/mol. The Balaban J connectivity index is 2.46. The molecule has 0 aliphatic heterocycles. The van der Waals surface area contributed by atoms with Crippen molar-refractivity contribution in [3.63, 3.8) is 0 Å². The van der Waals surface area contributed by atoms with E-state index < -0.39 is 23.4 Å². The maximum Gasteiger partial charge on any atom is 0.416 e. The van der Waals surface area contributed by atoms with Gasteiger partial charge in [-0.1, -0.05) is 36.4 Å². The van der Waals surface area contributed by atoms with E-state index >= 15 is 0 Å². The highest BCUT2D eigenvalue weighted by atomic mass is 19.4. The standard InChI is InChI=1S/C20H20F3N3O3/c1-2-28-19(27)16(24)18(29-15-10-4-3-5-11-15)26-17(25)13-8-6-7-9-14(12-13)20(21,22)23/h3-6,8-12H,2,7,24H2,1H3,(H2,25,26)/b18-16+. The molecule has 0 radical (unpaired) electrons. The van der Waals surface area contributed by atoms with E-state index in [2.05, 4.69) is 4.99 Å². The molecular formula is C20H20F3N3O3. The number of halogens is 3. The SMILES string of the molecule is CCOC(=O)/C(N)=C(/N=C(\N)C1=CC(C(F)(F)F)=CCC=C1)Oc1ccccc1. The van der Waals surface area contributed by atoms with Crippen molar-refractivity contribution in [2.45, 2.75) is 19.5 Å². The van der Waals surface area contributed by atoms with Crippen LogP contribution in [0.2, 0.25) is 0 Å². The third kappa shape index (κ3) is 6.27. The molecule has 6 nitrogen and oxygen atoms in total. The number of carbonyl (C=O) groups excluding carboxylic acids is 1. The minimum atomic E-state index is -4.54. The summed E-state index contributed by atoms with van der Waals surface area (Å²) in [5, 5.41) is 0. The summed E-state index contributed by atoms with van der Waals surface area (Å²) in [5.74, 6) is -1.29. The third-order valence-corrected chi connectivity index (χ3v) is 3.61. The van der Waals surface area contributed by atoms with Crippen molar-refractivity contribution in [3.05, 3.63) is 77.4 Å². The van der Waals surface area contributed by atoms with Gasteiger partial charge in [0.05, 0.1) is 12.2 Å². The van der Waals surface area contributed by atoms with Crippen molar-refractivity contribution >= 4 is 11.8 Å². The van der Waals surface area contributed by atoms with Crippen LogP contribution in [0, 0.1) is 0 Å². The first-order chi connectivity index (χ1) is 13.7. The summed E-state index contributed by atoms with van der Waals surface area (Å²) in [6.45, 7) is 1.65. The lowest BCUT2D eigenvalue weighted by Gasteiger charge is -2.11. The van der Waals surface area contributed by atoms with Crippen molar-refractivity contribution in [1.82, 2.24) is 0 Å². The largest absolute Gasteiger partial charge is 0.461 e. The van der Waals surface area contributed by atoms with Gasteiger partial charge in [0.2, 0.25) is 0 Å². The van der Waals surface area contributed by atoms with Gasteiger partial charge in [-0.05, 0) is 31.6 Å². The van der Waals surface area contributed by atoms with E-state index in [1.54, 1.807) is 37.3 Å². The summed E-state index contributed by atoms with van der Waals surface area (Å²) >= 11 is 0. The average molecular weight is 407 g/mol. The van der Waals surface area contributed by atoms with Crippen LogP contribution in [0.5, 0.6) is 5.75 Å². The van der Waals surface area contributed by atoms with Crippen LogP contribution in [0.15, 0.2) is 82.4 Å². The normalized spacial score (nSPS) is 15.7. The van der Waals surface area contributed by atoms with Crippen LogP contribution in [0.4, 0.5) is 13.2 Å². The number of esters is 1. The van der Waals surface area contributed by atoms with Crippen LogP contribution in [-0.4, -0.2) is 24.6 Å². The molecule has 0 amide bonds. The molecule has 0 aromatic heterocycles. The maximum atomic E-state index is 13.1. The highest BCUT2D eigenvalue weighted by Gasteiger charge is 2.32. The van der Waals surface area contributed by atoms with Crippen LogP contribution in [0.25, 0.3) is 0 Å². The molecule has 9 heteroatoms. The second-order valence-electron chi connectivity index (χ2n) is 5.75. The molecule has 0 unspecified atom stereocenters. The zero-order chi connectivity index (χ0) is 21.4. The Kier molecular flexibility index (Phi) is 7.24. The number of hydrogen-bond donors (Lipinski definition) is 2. The first-order valence-corrected chi connectivity index (χ1v) is 8.62. The van der Waals surface area contributed by atoms with Crippen LogP contribution < -0.4 is 16.2 Å². The zero-order valence-corrected chi connectivity index (χ0v) is 15.6. The van der Waals surface area contributed by atoms with E-state index in [1.807, 2.05) is 0 Å². The number of aliphatic imine (C=N–C) groups is 1. The summed E-state index contributed by atoms with van der Waals surface area (Å²) in [7, 11) is 0. The smallest absolute Gasteiger partial charge is 0.416 e. The summed E-state index contributed by atoms with van der Waals surface area (Å²) in [5.41, 5.74) is 10.4. The van der Waals surface area contributed by atoms with Crippen LogP contribution in [-0.2, 0) is 9.53 Å². The molecule has 0 heterocycles. The number of allylic oxidation sites excluding steroid dienone is 4. The van der Waals surface area contributed by atoms with E-state index in [4.69, 9.17) is 20.9 Å². The van der Waals surface area contributed by atoms with Gasteiger partial charge in [-0.25, -0.2) is 4.79 Å². The number of hydrogen-bond acceptors (Lipinski definition) is 5. The number of rotatable bonds is 6. The summed E-state index contributed by atoms with van der Waals surface area (Å²) in [6, 6.07) is 8.27. The lowest BCUT2D eigenvalue weighted by Crippen LogP contribution is -2.22. The molecule has 4 N–H and O–H groups in total. The lowest BCUT2D eigenvalue weighted by molar-refractivity contribution is -0.138. The number of alkyl halides is 3. The Bertz CT molecular complexity index is 899. The Labute approximate surface area is 165 Å². The van der Waals surface area contributed by atoms with Gasteiger partial charge in [0.25, 0.3) is 5.88 Å². The number of ether oxygens (including phenoxy) is 2. The lowest BCUT2D eigenvalue weighted by atomic mass is 10.1. The van der Waals surface area contributed by atoms with Gasteiger partial charge >= 0.3 is 12.1 Å². The fourth-order valence-electron chi connectivity index (χ4n) is 2.23. The fraction of sp³-hybridized carbons (Fsp3) is 0.200. The van der Waals surface area contributed by atoms with Gasteiger partial charge < -0.3 is 20.9 Å². The highest BCUT2D eigenvalue weighted by Crippen LogP contribution is 2.29. The number of carbonyl (C=O) groups is 1. The van der Waals surface area contributed by atoms with Crippen molar-refractivity contribution in [3.8, 4) is 5.75 Å². The quantitative estimate of drug-likeness (QED) is 0.247. The monoisotopic (exact) mass is 407 g/mol. The molecule has 1 aromatic carbocycles. The van der Waals surface area contributed by atoms with Gasteiger partial charge in [-0.15, -0.1) is 0 Å². The van der Waals surface area contributed by atoms with Gasteiger partial charge in [0, 0.05) is 5.57 Å². The summed E-state index contributed by atoms with van der Waals surface area (Å²) in [6.07, 6.45) is 0.332. The minimum absolute atomic E-state index is 0.00287. The van der Waals surface area contributed by atoms with E-state index in [9.17, 15) is 18.0 Å². The second-order valence-corrected chi connectivity index (χ2v) is 5.75. The third-order valence-electron chi connectivity index (χ3n) is 3.61. The molecule has 1 aliphatic rings. The fourth-order valence-corrected chi connectivity index (χ4v) is 2.23. The molecule has 0 atom stereocenters. The van der Waals surface area contributed by atoms with E-state index in [1.165, 1.54) is 12.2 Å². The number of benzene rings is 1. The molecule has 1 aliphatic carbocycles. The minimum Gasteiger partial charge on any atom is -0.461 e.